The summed E-state index contributed by atoms with van der Waals surface area (Å²) in [5, 5.41) is 0. The summed E-state index contributed by atoms with van der Waals surface area (Å²) in [7, 11) is 0. The second kappa shape index (κ2) is 7.23. The average Bonchev–Trinajstić information content (AvgIpc) is 2.56. The van der Waals surface area contributed by atoms with E-state index in [1.807, 2.05) is 35.2 Å². The van der Waals surface area contributed by atoms with Crippen molar-refractivity contribution in [1.29, 1.82) is 0 Å². The van der Waals surface area contributed by atoms with Crippen LogP contribution in [0.5, 0.6) is 0 Å². The van der Waals surface area contributed by atoms with Gasteiger partial charge in [0.25, 0.3) is 0 Å². The Bertz CT molecular complexity index is 706. The van der Waals surface area contributed by atoms with Crippen LogP contribution in [0.3, 0.4) is 0 Å². The number of hydrogen-bond donors (Lipinski definition) is 1. The average molecular weight is 433 g/mol. The first-order chi connectivity index (χ1) is 12.8. The first-order valence-corrected chi connectivity index (χ1v) is 10.9. The molecule has 4 aliphatic rings. The summed E-state index contributed by atoms with van der Waals surface area (Å²) in [6, 6.07) is 10.0. The van der Waals surface area contributed by atoms with Crippen molar-refractivity contribution in [3.63, 3.8) is 0 Å². The third-order valence-corrected chi connectivity index (χ3v) is 7.76. The van der Waals surface area contributed by atoms with Crippen LogP contribution in [0.1, 0.15) is 56.9 Å². The van der Waals surface area contributed by atoms with E-state index in [-0.39, 0.29) is 28.0 Å². The summed E-state index contributed by atoms with van der Waals surface area (Å²) in [6.07, 6.45) is 8.23. The van der Waals surface area contributed by atoms with E-state index in [0.717, 1.165) is 23.8 Å². The van der Waals surface area contributed by atoms with E-state index in [4.69, 9.17) is 5.73 Å². The summed E-state index contributed by atoms with van der Waals surface area (Å²) < 4.78 is 0.259. The van der Waals surface area contributed by atoms with Gasteiger partial charge in [0, 0.05) is 30.3 Å². The fraction of sp³-hybridized carbons (Fsp3) is 0.636. The van der Waals surface area contributed by atoms with Crippen LogP contribution in [-0.2, 0) is 16.1 Å². The van der Waals surface area contributed by atoms with Crippen LogP contribution in [-0.4, -0.2) is 27.6 Å². The zero-order valence-corrected chi connectivity index (χ0v) is 17.4. The van der Waals surface area contributed by atoms with Crippen LogP contribution >= 0.6 is 15.9 Å². The van der Waals surface area contributed by atoms with E-state index >= 15 is 0 Å². The van der Waals surface area contributed by atoms with Gasteiger partial charge in [0.15, 0.2) is 0 Å². The number of alkyl halides is 1. The molecule has 0 aromatic heterocycles. The highest BCUT2D eigenvalue weighted by atomic mass is 79.9. The van der Waals surface area contributed by atoms with E-state index in [1.54, 1.807) is 0 Å². The minimum absolute atomic E-state index is 0.145. The number of nitrogens with two attached hydrogens (primary N) is 1. The fourth-order valence-electron chi connectivity index (χ4n) is 6.32. The predicted octanol–water partition coefficient (Wildman–Crippen LogP) is 4.01. The highest BCUT2D eigenvalue weighted by Gasteiger charge is 2.57. The first kappa shape index (κ1) is 19.0. The predicted molar refractivity (Wildman–Crippen MR) is 109 cm³/mol. The Kier molecular flexibility index (Phi) is 5.08. The second-order valence-electron chi connectivity index (χ2n) is 9.31. The molecule has 0 saturated heterocycles. The summed E-state index contributed by atoms with van der Waals surface area (Å²) in [4.78, 5) is 26.5. The van der Waals surface area contributed by atoms with Crippen LogP contribution in [0.25, 0.3) is 0 Å². The van der Waals surface area contributed by atoms with Gasteiger partial charge in [-0.05, 0) is 61.3 Å². The molecule has 0 spiro atoms. The molecule has 2 atom stereocenters. The molecule has 0 radical (unpaired) electrons. The van der Waals surface area contributed by atoms with Crippen molar-refractivity contribution in [2.45, 2.75) is 62.2 Å². The van der Waals surface area contributed by atoms with Gasteiger partial charge in [0.1, 0.15) is 0 Å². The Labute approximate surface area is 170 Å². The van der Waals surface area contributed by atoms with Gasteiger partial charge >= 0.3 is 0 Å². The molecule has 146 valence electrons. The van der Waals surface area contributed by atoms with Gasteiger partial charge in [0.05, 0.1) is 0 Å². The lowest BCUT2D eigenvalue weighted by Gasteiger charge is -2.60. The van der Waals surface area contributed by atoms with Gasteiger partial charge in [-0.3, -0.25) is 9.59 Å². The molecular formula is C22H29BrN2O2. The Balaban J connectivity index is 1.48. The molecule has 5 heteroatoms. The van der Waals surface area contributed by atoms with Crippen LogP contribution in [0, 0.1) is 17.3 Å². The molecule has 0 aliphatic heterocycles. The molecule has 2 amide bonds. The minimum atomic E-state index is -0.352. The molecular weight excluding hydrogens is 404 g/mol. The van der Waals surface area contributed by atoms with Crippen molar-refractivity contribution in [2.24, 2.45) is 23.0 Å². The van der Waals surface area contributed by atoms with Crippen LogP contribution in [0.4, 0.5) is 0 Å². The number of benzene rings is 1. The van der Waals surface area contributed by atoms with Crippen LogP contribution < -0.4 is 5.73 Å². The Morgan fingerprint density at radius 3 is 2.37 bits per heavy atom. The van der Waals surface area contributed by atoms with Crippen molar-refractivity contribution < 1.29 is 9.59 Å². The molecule has 4 fully saturated rings. The molecule has 27 heavy (non-hydrogen) atoms. The Morgan fingerprint density at radius 2 is 1.78 bits per heavy atom. The van der Waals surface area contributed by atoms with Gasteiger partial charge in [-0.1, -0.05) is 46.3 Å². The normalized spacial score (nSPS) is 33.8. The minimum Gasteiger partial charge on any atom is -0.370 e. The zero-order valence-electron chi connectivity index (χ0n) is 15.8. The third-order valence-electron chi connectivity index (χ3n) is 6.83. The molecule has 4 nitrogen and oxygen atoms in total. The lowest BCUT2D eigenvalue weighted by atomic mass is 9.48. The molecule has 2 unspecified atom stereocenters. The molecule has 2 N–H and O–H groups in total. The lowest BCUT2D eigenvalue weighted by Crippen LogP contribution is -2.54. The maximum absolute atomic E-state index is 13.3. The van der Waals surface area contributed by atoms with Crippen molar-refractivity contribution >= 4 is 27.7 Å². The van der Waals surface area contributed by atoms with E-state index < -0.39 is 0 Å². The van der Waals surface area contributed by atoms with Crippen LogP contribution in [0.15, 0.2) is 30.3 Å². The maximum atomic E-state index is 13.3. The van der Waals surface area contributed by atoms with Crippen molar-refractivity contribution in [3.8, 4) is 0 Å². The highest BCUT2D eigenvalue weighted by molar-refractivity contribution is 9.10. The molecule has 1 aromatic carbocycles. The Hall–Kier alpha value is -1.36. The summed E-state index contributed by atoms with van der Waals surface area (Å²) >= 11 is 4.04. The van der Waals surface area contributed by atoms with E-state index in [1.165, 1.54) is 32.1 Å². The number of rotatable bonds is 7. The number of primary amides is 1. The van der Waals surface area contributed by atoms with Gasteiger partial charge in [-0.25, -0.2) is 0 Å². The summed E-state index contributed by atoms with van der Waals surface area (Å²) in [5.74, 6) is 1.37. The van der Waals surface area contributed by atoms with E-state index in [0.29, 0.717) is 19.5 Å². The topological polar surface area (TPSA) is 63.4 Å². The number of carbonyl (C=O) groups is 2. The molecule has 4 saturated carbocycles. The quantitative estimate of drug-likeness (QED) is 0.661. The van der Waals surface area contributed by atoms with Crippen molar-refractivity contribution in [2.75, 3.05) is 6.54 Å². The largest absolute Gasteiger partial charge is 0.370 e. The fourth-order valence-corrected chi connectivity index (χ4v) is 7.83. The molecule has 4 aliphatic carbocycles. The zero-order chi connectivity index (χ0) is 19.1. The third kappa shape index (κ3) is 4.23. The summed E-state index contributed by atoms with van der Waals surface area (Å²) in [6.45, 7) is 0.959. The monoisotopic (exact) mass is 432 g/mol. The van der Waals surface area contributed by atoms with E-state index in [9.17, 15) is 9.59 Å². The lowest BCUT2D eigenvalue weighted by molar-refractivity contribution is -0.139. The van der Waals surface area contributed by atoms with Gasteiger partial charge < -0.3 is 10.6 Å². The first-order valence-electron chi connectivity index (χ1n) is 10.1. The SMILES string of the molecule is NC(=O)CCN(Cc1ccccc1)C(=O)CC12CC3CC(CC(Br)(C3)C1)C2. The molecule has 5 rings (SSSR count). The number of amides is 2. The number of carbonyl (C=O) groups excluding carboxylic acids is 2. The molecule has 4 bridgehead atoms. The van der Waals surface area contributed by atoms with Crippen molar-refractivity contribution in [1.82, 2.24) is 4.90 Å². The standard InChI is InChI=1S/C22H29BrN2O2/c23-22-11-17-8-18(12-22)10-21(9-17,15-22)13-20(27)25(7-6-19(24)26)14-16-4-2-1-3-5-16/h1-5,17-18H,6-15H2,(H2,24,26). The molecule has 0 heterocycles. The maximum Gasteiger partial charge on any atom is 0.223 e. The van der Waals surface area contributed by atoms with Crippen LogP contribution in [0.2, 0.25) is 0 Å². The smallest absolute Gasteiger partial charge is 0.223 e. The number of halogens is 1. The van der Waals surface area contributed by atoms with Gasteiger partial charge in [-0.15, -0.1) is 0 Å². The van der Waals surface area contributed by atoms with Gasteiger partial charge in [-0.2, -0.15) is 0 Å². The Morgan fingerprint density at radius 1 is 1.11 bits per heavy atom. The summed E-state index contributed by atoms with van der Waals surface area (Å²) in [5.41, 5.74) is 6.60. The van der Waals surface area contributed by atoms with Gasteiger partial charge in [0.2, 0.25) is 11.8 Å². The number of nitrogens with zero attached hydrogens (tertiary/aromatic N) is 1. The second-order valence-corrected chi connectivity index (χ2v) is 11.0. The van der Waals surface area contributed by atoms with Crippen molar-refractivity contribution in [3.05, 3.63) is 35.9 Å². The van der Waals surface area contributed by atoms with E-state index in [2.05, 4.69) is 15.9 Å². The highest BCUT2D eigenvalue weighted by Crippen LogP contribution is 2.65. The number of hydrogen-bond acceptors (Lipinski definition) is 2. The molecule has 1 aromatic rings.